The summed E-state index contributed by atoms with van der Waals surface area (Å²) in [5.74, 6) is 0.684. The number of hydrogen-bond acceptors (Lipinski definition) is 3. The third kappa shape index (κ3) is 4.18. The first kappa shape index (κ1) is 19.5. The number of H-pyrrole nitrogens is 1. The van der Waals surface area contributed by atoms with Crippen LogP contribution in [0.15, 0.2) is 34.9 Å². The molecule has 27 heavy (non-hydrogen) atoms. The Labute approximate surface area is 167 Å². The number of carbonyl (C=O) groups is 1. The molecular weight excluding hydrogens is 406 g/mol. The number of anilines is 2. The van der Waals surface area contributed by atoms with Gasteiger partial charge >= 0.3 is 0 Å². The van der Waals surface area contributed by atoms with E-state index >= 15 is 0 Å². The van der Waals surface area contributed by atoms with Gasteiger partial charge in [0, 0.05) is 21.1 Å². The standard InChI is InChI=1S/C20H26BrN5O/c1-19(2,3)15-17(25-20(4,5)6)26-16(24-15)14(11-22-26)18(27)23-13-9-7-12(21)8-10-13/h7-11,24-25H,1-6H3,(H,23,27). The molecular formula is C20H26BrN5O. The van der Waals surface area contributed by atoms with Gasteiger partial charge < -0.3 is 15.6 Å². The van der Waals surface area contributed by atoms with Crippen LogP contribution in [0.3, 0.4) is 0 Å². The van der Waals surface area contributed by atoms with E-state index in [1.54, 1.807) is 10.7 Å². The number of nitrogens with one attached hydrogen (secondary N) is 3. The van der Waals surface area contributed by atoms with Crippen LogP contribution in [0, 0.1) is 0 Å². The molecule has 2 aromatic heterocycles. The van der Waals surface area contributed by atoms with Crippen molar-refractivity contribution >= 4 is 39.0 Å². The Morgan fingerprint density at radius 2 is 1.74 bits per heavy atom. The average Bonchev–Trinajstić information content (AvgIpc) is 3.08. The Morgan fingerprint density at radius 1 is 1.11 bits per heavy atom. The summed E-state index contributed by atoms with van der Waals surface area (Å²) in [4.78, 5) is 16.2. The van der Waals surface area contributed by atoms with Crippen LogP contribution < -0.4 is 10.6 Å². The Kier molecular flexibility index (Phi) is 4.84. The van der Waals surface area contributed by atoms with Crippen molar-refractivity contribution in [2.45, 2.75) is 52.5 Å². The van der Waals surface area contributed by atoms with Crippen molar-refractivity contribution < 1.29 is 4.79 Å². The molecule has 1 aromatic carbocycles. The van der Waals surface area contributed by atoms with Crippen molar-refractivity contribution in [3.05, 3.63) is 46.2 Å². The summed E-state index contributed by atoms with van der Waals surface area (Å²) < 4.78 is 2.74. The number of fused-ring (bicyclic) bond motifs is 1. The van der Waals surface area contributed by atoms with E-state index in [4.69, 9.17) is 0 Å². The third-order valence-electron chi connectivity index (χ3n) is 4.05. The van der Waals surface area contributed by atoms with E-state index in [0.717, 1.165) is 21.7 Å². The van der Waals surface area contributed by atoms with Gasteiger partial charge in [0.1, 0.15) is 17.0 Å². The van der Waals surface area contributed by atoms with E-state index in [2.05, 4.69) is 78.2 Å². The molecule has 0 spiro atoms. The maximum absolute atomic E-state index is 12.8. The van der Waals surface area contributed by atoms with Crippen LogP contribution in [-0.4, -0.2) is 26.0 Å². The molecule has 3 N–H and O–H groups in total. The van der Waals surface area contributed by atoms with Crippen LogP contribution in [0.4, 0.5) is 11.5 Å². The van der Waals surface area contributed by atoms with Gasteiger partial charge in [0.2, 0.25) is 0 Å². The SMILES string of the molecule is CC(C)(C)Nc1c(C(C)(C)C)[nH]c2c(C(=O)Nc3ccc(Br)cc3)cnn12. The fraction of sp³-hybridized carbons (Fsp3) is 0.400. The number of halogens is 1. The number of hydrogen-bond donors (Lipinski definition) is 3. The van der Waals surface area contributed by atoms with Gasteiger partial charge in [-0.25, -0.2) is 0 Å². The lowest BCUT2D eigenvalue weighted by Gasteiger charge is -2.25. The van der Waals surface area contributed by atoms with Crippen LogP contribution in [0.2, 0.25) is 0 Å². The van der Waals surface area contributed by atoms with Crippen molar-refractivity contribution in [3.8, 4) is 0 Å². The molecule has 0 aliphatic rings. The van der Waals surface area contributed by atoms with E-state index in [1.165, 1.54) is 0 Å². The summed E-state index contributed by atoms with van der Waals surface area (Å²) in [5, 5.41) is 10.9. The van der Waals surface area contributed by atoms with E-state index < -0.39 is 0 Å². The minimum atomic E-state index is -0.198. The zero-order valence-corrected chi connectivity index (χ0v) is 18.2. The molecule has 0 bridgehead atoms. The molecule has 2 heterocycles. The van der Waals surface area contributed by atoms with Gasteiger partial charge in [-0.15, -0.1) is 0 Å². The van der Waals surface area contributed by atoms with Gasteiger partial charge in [0.25, 0.3) is 5.91 Å². The van der Waals surface area contributed by atoms with Crippen molar-refractivity contribution in [1.29, 1.82) is 0 Å². The zero-order chi connectivity index (χ0) is 20.0. The molecule has 0 radical (unpaired) electrons. The first-order valence-electron chi connectivity index (χ1n) is 8.91. The second kappa shape index (κ2) is 6.71. The molecule has 0 aliphatic heterocycles. The Morgan fingerprint density at radius 3 is 2.30 bits per heavy atom. The van der Waals surface area contributed by atoms with Crippen molar-refractivity contribution in [3.63, 3.8) is 0 Å². The molecule has 1 amide bonds. The molecule has 0 fully saturated rings. The minimum absolute atomic E-state index is 0.131. The number of imidazole rings is 1. The largest absolute Gasteiger partial charge is 0.364 e. The fourth-order valence-electron chi connectivity index (χ4n) is 2.83. The fourth-order valence-corrected chi connectivity index (χ4v) is 3.10. The maximum Gasteiger partial charge on any atom is 0.261 e. The molecule has 6 nitrogen and oxygen atoms in total. The predicted octanol–water partition coefficient (Wildman–Crippen LogP) is 5.19. The first-order valence-corrected chi connectivity index (χ1v) is 9.70. The number of benzene rings is 1. The smallest absolute Gasteiger partial charge is 0.261 e. The number of aromatic nitrogens is 3. The molecule has 3 rings (SSSR count). The van der Waals surface area contributed by atoms with Gasteiger partial charge in [-0.1, -0.05) is 36.7 Å². The number of nitrogens with zero attached hydrogens (tertiary/aromatic N) is 2. The summed E-state index contributed by atoms with van der Waals surface area (Å²) in [7, 11) is 0. The van der Waals surface area contributed by atoms with Crippen LogP contribution in [0.5, 0.6) is 0 Å². The minimum Gasteiger partial charge on any atom is -0.364 e. The Bertz CT molecular complexity index is 971. The van der Waals surface area contributed by atoms with Gasteiger partial charge in [0.05, 0.1) is 11.9 Å². The highest BCUT2D eigenvalue weighted by Crippen LogP contribution is 2.32. The Hall–Kier alpha value is -2.28. The molecule has 0 saturated heterocycles. The van der Waals surface area contributed by atoms with Gasteiger partial charge in [-0.3, -0.25) is 4.79 Å². The number of carbonyl (C=O) groups excluding carboxylic acids is 1. The molecule has 3 aromatic rings. The average molecular weight is 432 g/mol. The van der Waals surface area contributed by atoms with Crippen LogP contribution >= 0.6 is 15.9 Å². The van der Waals surface area contributed by atoms with Gasteiger partial charge in [-0.05, 0) is 45.0 Å². The van der Waals surface area contributed by atoms with E-state index in [1.807, 2.05) is 24.3 Å². The van der Waals surface area contributed by atoms with Crippen molar-refractivity contribution in [2.75, 3.05) is 10.6 Å². The highest BCUT2D eigenvalue weighted by atomic mass is 79.9. The summed E-state index contributed by atoms with van der Waals surface area (Å²) >= 11 is 3.40. The lowest BCUT2D eigenvalue weighted by molar-refractivity contribution is 0.102. The summed E-state index contributed by atoms with van der Waals surface area (Å²) in [5.41, 5.74) is 2.66. The zero-order valence-electron chi connectivity index (χ0n) is 16.6. The lowest BCUT2D eigenvalue weighted by atomic mass is 9.91. The van der Waals surface area contributed by atoms with E-state index in [9.17, 15) is 4.79 Å². The molecule has 7 heteroatoms. The second-order valence-corrected chi connectivity index (χ2v) is 9.67. The molecule has 0 saturated carbocycles. The number of aromatic amines is 1. The molecule has 0 aliphatic carbocycles. The first-order chi connectivity index (χ1) is 12.5. The summed E-state index contributed by atoms with van der Waals surface area (Å²) in [6.45, 7) is 12.7. The van der Waals surface area contributed by atoms with Gasteiger partial charge in [-0.2, -0.15) is 9.61 Å². The monoisotopic (exact) mass is 431 g/mol. The molecule has 144 valence electrons. The summed E-state index contributed by atoms with van der Waals surface area (Å²) in [6.07, 6.45) is 1.60. The summed E-state index contributed by atoms with van der Waals surface area (Å²) in [6, 6.07) is 7.48. The normalized spacial score (nSPS) is 12.4. The lowest BCUT2D eigenvalue weighted by Crippen LogP contribution is -2.29. The highest BCUT2D eigenvalue weighted by Gasteiger charge is 2.28. The van der Waals surface area contributed by atoms with Crippen LogP contribution in [-0.2, 0) is 5.41 Å². The van der Waals surface area contributed by atoms with Gasteiger partial charge in [0.15, 0.2) is 0 Å². The molecule has 0 atom stereocenters. The second-order valence-electron chi connectivity index (χ2n) is 8.75. The maximum atomic E-state index is 12.8. The Balaban J connectivity index is 2.02. The van der Waals surface area contributed by atoms with Crippen molar-refractivity contribution in [2.24, 2.45) is 0 Å². The van der Waals surface area contributed by atoms with Crippen LogP contribution in [0.25, 0.3) is 5.65 Å². The van der Waals surface area contributed by atoms with Crippen molar-refractivity contribution in [1.82, 2.24) is 14.6 Å². The quantitative estimate of drug-likeness (QED) is 0.534. The van der Waals surface area contributed by atoms with Crippen LogP contribution in [0.1, 0.15) is 57.6 Å². The van der Waals surface area contributed by atoms with E-state index in [-0.39, 0.29) is 16.9 Å². The highest BCUT2D eigenvalue weighted by molar-refractivity contribution is 9.10. The van der Waals surface area contributed by atoms with E-state index in [0.29, 0.717) is 11.2 Å². The topological polar surface area (TPSA) is 74.2 Å². The number of amides is 1. The predicted molar refractivity (Wildman–Crippen MR) is 114 cm³/mol. The molecule has 0 unspecified atom stereocenters. The number of rotatable bonds is 3. The third-order valence-corrected chi connectivity index (χ3v) is 4.58.